The summed E-state index contributed by atoms with van der Waals surface area (Å²) >= 11 is 1.80. The minimum absolute atomic E-state index is 0.352. The Bertz CT molecular complexity index is 716. The van der Waals surface area contributed by atoms with Gasteiger partial charge in [-0.1, -0.05) is 6.07 Å². The molecule has 120 valence electrons. The molecule has 5 nitrogen and oxygen atoms in total. The van der Waals surface area contributed by atoms with E-state index in [1.165, 1.54) is 11.3 Å². The fourth-order valence-electron chi connectivity index (χ4n) is 3.07. The van der Waals surface area contributed by atoms with Gasteiger partial charge in [0.15, 0.2) is 0 Å². The first-order chi connectivity index (χ1) is 11.4. The highest BCUT2D eigenvalue weighted by molar-refractivity contribution is 7.09. The summed E-state index contributed by atoms with van der Waals surface area (Å²) in [5, 5.41) is 2.13. The first kappa shape index (κ1) is 14.8. The summed E-state index contributed by atoms with van der Waals surface area (Å²) in [5.41, 5.74) is 1.05. The number of hydrogen-bond donors (Lipinski definition) is 0. The quantitative estimate of drug-likeness (QED) is 0.698. The van der Waals surface area contributed by atoms with Gasteiger partial charge in [-0.25, -0.2) is 9.97 Å². The van der Waals surface area contributed by atoms with Crippen molar-refractivity contribution in [2.45, 2.75) is 32.0 Å². The lowest BCUT2D eigenvalue weighted by Crippen LogP contribution is -2.31. The molecule has 6 heteroatoms. The summed E-state index contributed by atoms with van der Waals surface area (Å²) in [4.78, 5) is 12.7. The van der Waals surface area contributed by atoms with E-state index in [0.717, 1.165) is 44.1 Å². The molecule has 0 aliphatic carbocycles. The normalized spacial score (nSPS) is 18.2. The minimum Gasteiger partial charge on any atom is -0.377 e. The summed E-state index contributed by atoms with van der Waals surface area (Å²) in [6.07, 6.45) is 8.53. The van der Waals surface area contributed by atoms with Gasteiger partial charge in [0.1, 0.15) is 0 Å². The van der Waals surface area contributed by atoms with Gasteiger partial charge in [-0.15, -0.1) is 11.3 Å². The number of thiophene rings is 1. The molecule has 0 saturated carbocycles. The molecule has 4 heterocycles. The van der Waals surface area contributed by atoms with E-state index in [1.807, 2.05) is 16.7 Å². The van der Waals surface area contributed by atoms with Crippen LogP contribution in [0, 0.1) is 0 Å². The van der Waals surface area contributed by atoms with Crippen molar-refractivity contribution >= 4 is 17.1 Å². The van der Waals surface area contributed by atoms with Crippen LogP contribution < -0.4 is 0 Å². The maximum Gasteiger partial charge on any atom is 0.233 e. The van der Waals surface area contributed by atoms with Crippen molar-refractivity contribution in [2.24, 2.45) is 0 Å². The molecular formula is C17H20N4OS. The molecule has 0 amide bonds. The molecule has 3 aromatic rings. The van der Waals surface area contributed by atoms with Gasteiger partial charge in [0.05, 0.1) is 11.8 Å². The zero-order valence-corrected chi connectivity index (χ0v) is 13.8. The first-order valence-corrected chi connectivity index (χ1v) is 8.90. The van der Waals surface area contributed by atoms with E-state index in [-0.39, 0.29) is 0 Å². The summed E-state index contributed by atoms with van der Waals surface area (Å²) in [5.74, 6) is 0.760. The van der Waals surface area contributed by atoms with E-state index in [2.05, 4.69) is 38.6 Å². The number of fused-ring (bicyclic) bond motifs is 1. The highest BCUT2D eigenvalue weighted by atomic mass is 32.1. The molecular weight excluding hydrogens is 308 g/mol. The Hall–Kier alpha value is -1.76. The van der Waals surface area contributed by atoms with Gasteiger partial charge in [0, 0.05) is 49.7 Å². The second-order valence-electron chi connectivity index (χ2n) is 5.94. The van der Waals surface area contributed by atoms with E-state index in [0.29, 0.717) is 6.10 Å². The molecule has 0 spiro atoms. The maximum atomic E-state index is 5.82. The van der Waals surface area contributed by atoms with Crippen LogP contribution in [0.4, 0.5) is 0 Å². The molecule has 0 bridgehead atoms. The Morgan fingerprint density at radius 3 is 3.13 bits per heavy atom. The van der Waals surface area contributed by atoms with Gasteiger partial charge in [-0.05, 0) is 30.4 Å². The second kappa shape index (κ2) is 6.78. The van der Waals surface area contributed by atoms with Gasteiger partial charge in [0.2, 0.25) is 5.78 Å². The van der Waals surface area contributed by atoms with E-state index in [1.54, 1.807) is 17.5 Å². The molecule has 0 radical (unpaired) electrons. The van der Waals surface area contributed by atoms with Crippen LogP contribution in [-0.2, 0) is 17.8 Å². The first-order valence-electron chi connectivity index (χ1n) is 8.02. The van der Waals surface area contributed by atoms with Gasteiger partial charge >= 0.3 is 0 Å². The molecule has 1 aliphatic rings. The number of nitrogens with zero attached hydrogens (tertiary/aromatic N) is 4. The molecule has 23 heavy (non-hydrogen) atoms. The topological polar surface area (TPSA) is 42.7 Å². The molecule has 1 atom stereocenters. The number of imidazole rings is 1. The van der Waals surface area contributed by atoms with Crippen LogP contribution in [-0.4, -0.2) is 38.5 Å². The number of ether oxygens (including phenoxy) is 1. The number of aromatic nitrogens is 3. The van der Waals surface area contributed by atoms with Crippen molar-refractivity contribution in [3.05, 3.63) is 52.7 Å². The van der Waals surface area contributed by atoms with Crippen LogP contribution in [0.1, 0.15) is 23.4 Å². The average Bonchev–Trinajstić information content (AvgIpc) is 3.27. The molecule has 0 N–H and O–H groups in total. The third-order valence-electron chi connectivity index (χ3n) is 4.12. The highest BCUT2D eigenvalue weighted by Gasteiger charge is 2.20. The van der Waals surface area contributed by atoms with E-state index < -0.39 is 0 Å². The van der Waals surface area contributed by atoms with Crippen LogP contribution in [0.25, 0.3) is 5.78 Å². The van der Waals surface area contributed by atoms with Crippen molar-refractivity contribution in [3.8, 4) is 0 Å². The van der Waals surface area contributed by atoms with Crippen LogP contribution in [0.15, 0.2) is 42.2 Å². The summed E-state index contributed by atoms with van der Waals surface area (Å²) in [6.45, 7) is 3.62. The lowest BCUT2D eigenvalue weighted by Gasteiger charge is -2.23. The summed E-state index contributed by atoms with van der Waals surface area (Å²) < 4.78 is 7.80. The van der Waals surface area contributed by atoms with Crippen molar-refractivity contribution in [3.63, 3.8) is 0 Å². The third-order valence-corrected chi connectivity index (χ3v) is 4.98. The predicted molar refractivity (Wildman–Crippen MR) is 90.4 cm³/mol. The Labute approximate surface area is 139 Å². The SMILES string of the molecule is c1csc(CN(Cc2cn3cccnc3n2)CC2CCCO2)c1. The van der Waals surface area contributed by atoms with E-state index in [4.69, 9.17) is 4.74 Å². The molecule has 1 fully saturated rings. The summed E-state index contributed by atoms with van der Waals surface area (Å²) in [7, 11) is 0. The molecule has 4 rings (SSSR count). The highest BCUT2D eigenvalue weighted by Crippen LogP contribution is 2.19. The lowest BCUT2D eigenvalue weighted by atomic mass is 10.2. The third kappa shape index (κ3) is 3.60. The Kier molecular flexibility index (Phi) is 4.37. The average molecular weight is 328 g/mol. The molecule has 3 aromatic heterocycles. The zero-order chi connectivity index (χ0) is 15.5. The lowest BCUT2D eigenvalue weighted by molar-refractivity contribution is 0.0679. The Balaban J connectivity index is 1.51. The molecule has 1 unspecified atom stereocenters. The van der Waals surface area contributed by atoms with E-state index in [9.17, 15) is 0 Å². The number of rotatable bonds is 6. The standard InChI is InChI=1S/C17H20N4OS/c1-4-15(22-8-1)12-20(13-16-5-2-9-23-16)10-14-11-21-7-3-6-18-17(21)19-14/h2-3,5-7,9,11,15H,1,4,8,10,12-13H2. The zero-order valence-electron chi connectivity index (χ0n) is 13.0. The van der Waals surface area contributed by atoms with Crippen molar-refractivity contribution in [1.29, 1.82) is 0 Å². The minimum atomic E-state index is 0.352. The maximum absolute atomic E-state index is 5.82. The van der Waals surface area contributed by atoms with Crippen molar-refractivity contribution in [2.75, 3.05) is 13.2 Å². The van der Waals surface area contributed by atoms with E-state index >= 15 is 0 Å². The Morgan fingerprint density at radius 2 is 2.35 bits per heavy atom. The largest absolute Gasteiger partial charge is 0.377 e. The van der Waals surface area contributed by atoms with Gasteiger partial charge < -0.3 is 4.74 Å². The fraction of sp³-hybridized carbons (Fsp3) is 0.412. The fourth-order valence-corrected chi connectivity index (χ4v) is 3.82. The van der Waals surface area contributed by atoms with Crippen LogP contribution in [0.5, 0.6) is 0 Å². The molecule has 1 saturated heterocycles. The monoisotopic (exact) mass is 328 g/mol. The van der Waals surface area contributed by atoms with Crippen molar-refractivity contribution in [1.82, 2.24) is 19.3 Å². The van der Waals surface area contributed by atoms with Crippen LogP contribution in [0.3, 0.4) is 0 Å². The molecule has 1 aliphatic heterocycles. The van der Waals surface area contributed by atoms with Gasteiger partial charge in [-0.2, -0.15) is 0 Å². The number of hydrogen-bond acceptors (Lipinski definition) is 5. The summed E-state index contributed by atoms with van der Waals surface area (Å²) in [6, 6.07) is 6.23. The van der Waals surface area contributed by atoms with Gasteiger partial charge in [0.25, 0.3) is 0 Å². The Morgan fingerprint density at radius 1 is 1.35 bits per heavy atom. The molecule has 0 aromatic carbocycles. The van der Waals surface area contributed by atoms with Gasteiger partial charge in [-0.3, -0.25) is 9.30 Å². The predicted octanol–water partition coefficient (Wildman–Crippen LogP) is 2.97. The van der Waals surface area contributed by atoms with Crippen molar-refractivity contribution < 1.29 is 4.74 Å². The van der Waals surface area contributed by atoms with Crippen LogP contribution in [0.2, 0.25) is 0 Å². The van der Waals surface area contributed by atoms with Crippen LogP contribution >= 0.6 is 11.3 Å². The second-order valence-corrected chi connectivity index (χ2v) is 6.98. The smallest absolute Gasteiger partial charge is 0.233 e.